The maximum Gasteiger partial charge on any atom is 0.183 e. The molecule has 2 aliphatic carbocycles. The lowest BCUT2D eigenvalue weighted by atomic mass is 9.67. The SMILES string of the molecule is CC(C)=CCCCC(C1C=C(C)C(=O)C(C)=C1)C(CCCC=C(C)C)C1C=C(C)C(=O)C(C)=C1. The summed E-state index contributed by atoms with van der Waals surface area (Å²) in [6.07, 6.45) is 20.2. The summed E-state index contributed by atoms with van der Waals surface area (Å²) in [6.45, 7) is 16.5. The van der Waals surface area contributed by atoms with Gasteiger partial charge in [0.25, 0.3) is 0 Å². The van der Waals surface area contributed by atoms with Crippen molar-refractivity contribution in [2.75, 3.05) is 0 Å². The summed E-state index contributed by atoms with van der Waals surface area (Å²) in [5.74, 6) is 1.74. The van der Waals surface area contributed by atoms with Gasteiger partial charge >= 0.3 is 0 Å². The zero-order valence-electron chi connectivity index (χ0n) is 22.8. The van der Waals surface area contributed by atoms with E-state index in [1.54, 1.807) is 0 Å². The Morgan fingerprint density at radius 1 is 0.647 bits per heavy atom. The van der Waals surface area contributed by atoms with Crippen molar-refractivity contribution >= 4 is 11.6 Å². The molecule has 0 saturated carbocycles. The molecule has 0 spiro atoms. The van der Waals surface area contributed by atoms with Crippen molar-refractivity contribution in [3.05, 3.63) is 69.9 Å². The molecule has 0 N–H and O–H groups in total. The fourth-order valence-electron chi connectivity index (χ4n) is 5.54. The smallest absolute Gasteiger partial charge is 0.183 e. The number of hydrogen-bond donors (Lipinski definition) is 0. The largest absolute Gasteiger partial charge is 0.289 e. The quantitative estimate of drug-likeness (QED) is 0.227. The van der Waals surface area contributed by atoms with Crippen LogP contribution in [-0.4, -0.2) is 11.6 Å². The highest BCUT2D eigenvalue weighted by molar-refractivity contribution is 6.08. The van der Waals surface area contributed by atoms with Gasteiger partial charge in [0.05, 0.1) is 0 Å². The van der Waals surface area contributed by atoms with Crippen LogP contribution in [0.3, 0.4) is 0 Å². The lowest BCUT2D eigenvalue weighted by molar-refractivity contribution is -0.113. The molecule has 0 bridgehead atoms. The van der Waals surface area contributed by atoms with Crippen molar-refractivity contribution in [3.8, 4) is 0 Å². The fourth-order valence-corrected chi connectivity index (χ4v) is 5.54. The van der Waals surface area contributed by atoms with Crippen LogP contribution in [0.2, 0.25) is 0 Å². The van der Waals surface area contributed by atoms with E-state index in [1.165, 1.54) is 11.1 Å². The first-order valence-electron chi connectivity index (χ1n) is 13.1. The van der Waals surface area contributed by atoms with Gasteiger partial charge < -0.3 is 0 Å². The van der Waals surface area contributed by atoms with Gasteiger partial charge in [0.15, 0.2) is 11.6 Å². The highest BCUT2D eigenvalue weighted by Gasteiger charge is 2.34. The van der Waals surface area contributed by atoms with Gasteiger partial charge in [0.1, 0.15) is 0 Å². The van der Waals surface area contributed by atoms with Crippen molar-refractivity contribution in [1.29, 1.82) is 0 Å². The average molecular weight is 463 g/mol. The molecule has 186 valence electrons. The first kappa shape index (κ1) is 28.0. The molecule has 0 aromatic heterocycles. The zero-order chi connectivity index (χ0) is 25.4. The van der Waals surface area contributed by atoms with Gasteiger partial charge in [-0.1, -0.05) is 47.6 Å². The Hall–Kier alpha value is -2.22. The number of allylic oxidation sites excluding steroid dienone is 12. The fraction of sp³-hybridized carbons (Fsp3) is 0.562. The highest BCUT2D eigenvalue weighted by atomic mass is 16.1. The molecular formula is C32H46O2. The van der Waals surface area contributed by atoms with Gasteiger partial charge in [-0.15, -0.1) is 0 Å². The Bertz CT molecular complexity index is 817. The summed E-state index contributed by atoms with van der Waals surface area (Å²) >= 11 is 0. The number of ketones is 2. The molecule has 0 heterocycles. The van der Waals surface area contributed by atoms with E-state index in [4.69, 9.17) is 0 Å². The van der Waals surface area contributed by atoms with Crippen LogP contribution in [0, 0.1) is 23.7 Å². The standard InChI is InChI=1S/C32H46O2/c1-21(2)13-9-11-15-29(27-17-23(5)31(33)24(6)18-27)30(16-12-10-14-22(3)4)28-19-25(7)32(34)26(8)20-28/h13-14,17-20,27-30H,9-12,15-16H2,1-8H3. The Morgan fingerprint density at radius 3 is 1.21 bits per heavy atom. The Balaban J connectivity index is 2.43. The van der Waals surface area contributed by atoms with E-state index in [0.29, 0.717) is 11.8 Å². The number of carbonyl (C=O) groups is 2. The maximum absolute atomic E-state index is 12.5. The van der Waals surface area contributed by atoms with E-state index in [2.05, 4.69) is 64.2 Å². The second kappa shape index (κ2) is 13.0. The van der Waals surface area contributed by atoms with Crippen molar-refractivity contribution in [2.45, 2.75) is 93.9 Å². The van der Waals surface area contributed by atoms with Crippen LogP contribution >= 0.6 is 0 Å². The minimum atomic E-state index is 0.175. The van der Waals surface area contributed by atoms with Gasteiger partial charge in [-0.2, -0.15) is 0 Å². The topological polar surface area (TPSA) is 34.1 Å². The van der Waals surface area contributed by atoms with Crippen LogP contribution in [0.5, 0.6) is 0 Å². The lowest BCUT2D eigenvalue weighted by Gasteiger charge is -2.37. The van der Waals surface area contributed by atoms with Crippen LogP contribution in [0.25, 0.3) is 0 Å². The maximum atomic E-state index is 12.5. The molecule has 0 aromatic rings. The summed E-state index contributed by atoms with van der Waals surface area (Å²) in [5.41, 5.74) is 6.24. The van der Waals surface area contributed by atoms with E-state index >= 15 is 0 Å². The molecule has 2 aliphatic rings. The Labute approximate surface area is 208 Å². The Morgan fingerprint density at radius 2 is 0.941 bits per heavy atom. The molecule has 0 aliphatic heterocycles. The molecule has 2 atom stereocenters. The van der Waals surface area contributed by atoms with Gasteiger partial charge in [-0.25, -0.2) is 0 Å². The van der Waals surface area contributed by atoms with Crippen LogP contribution in [0.1, 0.15) is 93.9 Å². The molecule has 2 unspecified atom stereocenters. The normalized spacial score (nSPS) is 19.1. The van der Waals surface area contributed by atoms with E-state index < -0.39 is 0 Å². The minimum absolute atomic E-state index is 0.175. The third kappa shape index (κ3) is 7.93. The number of rotatable bonds is 11. The summed E-state index contributed by atoms with van der Waals surface area (Å²) in [5, 5.41) is 0. The lowest BCUT2D eigenvalue weighted by Crippen LogP contribution is -2.30. The molecule has 0 aromatic carbocycles. The van der Waals surface area contributed by atoms with Gasteiger partial charge in [0, 0.05) is 0 Å². The van der Waals surface area contributed by atoms with Crippen LogP contribution in [0.4, 0.5) is 0 Å². The molecule has 2 rings (SSSR count). The van der Waals surface area contributed by atoms with Crippen molar-refractivity contribution in [1.82, 2.24) is 0 Å². The van der Waals surface area contributed by atoms with Crippen molar-refractivity contribution < 1.29 is 9.59 Å². The molecule has 0 fully saturated rings. The molecular weight excluding hydrogens is 416 g/mol. The van der Waals surface area contributed by atoms with E-state index in [1.807, 2.05) is 27.7 Å². The molecule has 0 amide bonds. The second-order valence-electron chi connectivity index (χ2n) is 11.0. The number of Topliss-reactive ketones (excluding diaryl/α,β-unsaturated/α-hetero) is 2. The van der Waals surface area contributed by atoms with E-state index in [9.17, 15) is 9.59 Å². The predicted octanol–water partition coefficient (Wildman–Crippen LogP) is 8.67. The van der Waals surface area contributed by atoms with Crippen LogP contribution in [-0.2, 0) is 9.59 Å². The third-order valence-electron chi connectivity index (χ3n) is 7.33. The van der Waals surface area contributed by atoms with E-state index in [-0.39, 0.29) is 23.4 Å². The highest BCUT2D eigenvalue weighted by Crippen LogP contribution is 2.42. The summed E-state index contributed by atoms with van der Waals surface area (Å²) < 4.78 is 0. The summed E-state index contributed by atoms with van der Waals surface area (Å²) in [7, 11) is 0. The molecule has 2 heteroatoms. The van der Waals surface area contributed by atoms with Gasteiger partial charge in [0.2, 0.25) is 0 Å². The molecule has 0 radical (unpaired) electrons. The van der Waals surface area contributed by atoms with E-state index in [0.717, 1.165) is 60.8 Å². The predicted molar refractivity (Wildman–Crippen MR) is 146 cm³/mol. The second-order valence-corrected chi connectivity index (χ2v) is 11.0. The summed E-state index contributed by atoms with van der Waals surface area (Å²) in [4.78, 5) is 25.0. The molecule has 34 heavy (non-hydrogen) atoms. The number of hydrogen-bond acceptors (Lipinski definition) is 2. The first-order chi connectivity index (χ1) is 16.0. The summed E-state index contributed by atoms with van der Waals surface area (Å²) in [6, 6.07) is 0. The molecule has 2 nitrogen and oxygen atoms in total. The van der Waals surface area contributed by atoms with Crippen LogP contribution < -0.4 is 0 Å². The first-order valence-corrected chi connectivity index (χ1v) is 13.1. The van der Waals surface area contributed by atoms with Crippen LogP contribution in [0.15, 0.2) is 69.9 Å². The number of carbonyl (C=O) groups excluding carboxylic acids is 2. The minimum Gasteiger partial charge on any atom is -0.289 e. The zero-order valence-corrected chi connectivity index (χ0v) is 22.8. The third-order valence-corrected chi connectivity index (χ3v) is 7.33. The average Bonchev–Trinajstić information content (AvgIpc) is 2.75. The monoisotopic (exact) mass is 462 g/mol. The molecule has 0 saturated heterocycles. The van der Waals surface area contributed by atoms with Crippen molar-refractivity contribution in [3.63, 3.8) is 0 Å². The van der Waals surface area contributed by atoms with Crippen molar-refractivity contribution in [2.24, 2.45) is 23.7 Å². The van der Waals surface area contributed by atoms with Gasteiger partial charge in [-0.3, -0.25) is 9.59 Å². The Kier molecular flexibility index (Phi) is 10.7. The number of unbranched alkanes of at least 4 members (excludes halogenated alkanes) is 2. The van der Waals surface area contributed by atoms with Gasteiger partial charge in [-0.05, 0) is 140 Å².